The van der Waals surface area contributed by atoms with Gasteiger partial charge in [0.05, 0.1) is 17.9 Å². The molecule has 4 aromatic rings. The number of amides is 1. The van der Waals surface area contributed by atoms with Crippen molar-refractivity contribution in [3.8, 4) is 11.3 Å². The molecule has 0 bridgehead atoms. The van der Waals surface area contributed by atoms with Crippen molar-refractivity contribution in [1.29, 1.82) is 0 Å². The highest BCUT2D eigenvalue weighted by Crippen LogP contribution is 2.21. The van der Waals surface area contributed by atoms with Crippen LogP contribution in [0.2, 0.25) is 0 Å². The van der Waals surface area contributed by atoms with Crippen molar-refractivity contribution < 1.29 is 4.79 Å². The Kier molecular flexibility index (Phi) is 4.33. The van der Waals surface area contributed by atoms with Gasteiger partial charge >= 0.3 is 0 Å². The molecule has 0 saturated heterocycles. The number of imidazole rings is 1. The van der Waals surface area contributed by atoms with E-state index in [0.717, 1.165) is 28.3 Å². The highest BCUT2D eigenvalue weighted by molar-refractivity contribution is 5.90. The molecule has 27 heavy (non-hydrogen) atoms. The smallest absolute Gasteiger partial charge is 0.254 e. The van der Waals surface area contributed by atoms with Crippen molar-refractivity contribution in [2.75, 3.05) is 5.32 Å². The summed E-state index contributed by atoms with van der Waals surface area (Å²) in [7, 11) is 0. The molecular weight excluding hydrogens is 344 g/mol. The maximum atomic E-state index is 12.0. The zero-order valence-corrected chi connectivity index (χ0v) is 15.0. The first-order valence-corrected chi connectivity index (χ1v) is 8.52. The molecular formula is C18H18N8O. The Balaban J connectivity index is 1.45. The number of rotatable bonds is 5. The molecule has 136 valence electrons. The van der Waals surface area contributed by atoms with Gasteiger partial charge in [0.25, 0.3) is 5.78 Å². The molecule has 3 heterocycles. The quantitative estimate of drug-likeness (QED) is 0.583. The number of benzene rings is 1. The van der Waals surface area contributed by atoms with E-state index in [0.29, 0.717) is 18.7 Å². The highest BCUT2D eigenvalue weighted by Gasteiger charge is 2.10. The van der Waals surface area contributed by atoms with Crippen LogP contribution in [-0.2, 0) is 11.3 Å². The summed E-state index contributed by atoms with van der Waals surface area (Å²) in [4.78, 5) is 20.4. The van der Waals surface area contributed by atoms with Gasteiger partial charge < -0.3 is 5.32 Å². The zero-order chi connectivity index (χ0) is 18.8. The van der Waals surface area contributed by atoms with Crippen LogP contribution >= 0.6 is 0 Å². The second kappa shape index (κ2) is 6.94. The number of aromatic nitrogens is 7. The van der Waals surface area contributed by atoms with Crippen LogP contribution in [0.5, 0.6) is 0 Å². The molecule has 0 aliphatic rings. The van der Waals surface area contributed by atoms with Gasteiger partial charge in [-0.1, -0.05) is 12.1 Å². The topological polar surface area (TPSA) is 103 Å². The largest absolute Gasteiger partial charge is 0.326 e. The van der Waals surface area contributed by atoms with E-state index >= 15 is 0 Å². The third kappa shape index (κ3) is 3.52. The van der Waals surface area contributed by atoms with Gasteiger partial charge in [-0.2, -0.15) is 10.2 Å². The summed E-state index contributed by atoms with van der Waals surface area (Å²) in [6.07, 6.45) is 5.31. The van der Waals surface area contributed by atoms with E-state index in [1.165, 1.54) is 6.33 Å². The number of anilines is 1. The molecule has 0 aliphatic carbocycles. The van der Waals surface area contributed by atoms with Gasteiger partial charge in [0.1, 0.15) is 12.7 Å². The second-order valence-electron chi connectivity index (χ2n) is 6.20. The van der Waals surface area contributed by atoms with E-state index in [4.69, 9.17) is 0 Å². The summed E-state index contributed by atoms with van der Waals surface area (Å²) in [6, 6.07) is 7.56. The van der Waals surface area contributed by atoms with Gasteiger partial charge in [-0.3, -0.25) is 13.9 Å². The summed E-state index contributed by atoms with van der Waals surface area (Å²) >= 11 is 0. The fourth-order valence-electron chi connectivity index (χ4n) is 2.71. The number of carbonyl (C=O) groups excluding carboxylic acids is 1. The standard InChI is InChI=1S/C18H18N8O/c1-12-13(2)26-9-16(22-18(26)24-23-12)14-3-5-15(6-4-14)21-17(27)7-8-25-11-19-10-20-25/h3-6,9-11H,7-8H2,1-2H3,(H,21,27). The van der Waals surface area contributed by atoms with Crippen LogP contribution in [0.15, 0.2) is 43.1 Å². The van der Waals surface area contributed by atoms with E-state index in [1.807, 2.05) is 48.7 Å². The van der Waals surface area contributed by atoms with E-state index in [1.54, 1.807) is 11.0 Å². The van der Waals surface area contributed by atoms with Crippen LogP contribution < -0.4 is 5.32 Å². The van der Waals surface area contributed by atoms with Crippen LogP contribution in [0, 0.1) is 13.8 Å². The molecule has 9 nitrogen and oxygen atoms in total. The second-order valence-corrected chi connectivity index (χ2v) is 6.20. The van der Waals surface area contributed by atoms with Gasteiger partial charge in [0.15, 0.2) is 0 Å². The fraction of sp³-hybridized carbons (Fsp3) is 0.222. The average Bonchev–Trinajstić information content (AvgIpc) is 3.34. The highest BCUT2D eigenvalue weighted by atomic mass is 16.1. The number of nitrogens with zero attached hydrogens (tertiary/aromatic N) is 7. The summed E-state index contributed by atoms with van der Waals surface area (Å²) in [5.41, 5.74) is 4.36. The van der Waals surface area contributed by atoms with Crippen molar-refractivity contribution >= 4 is 17.4 Å². The summed E-state index contributed by atoms with van der Waals surface area (Å²) in [6.45, 7) is 4.40. The maximum absolute atomic E-state index is 12.0. The Bertz CT molecular complexity index is 1080. The fourth-order valence-corrected chi connectivity index (χ4v) is 2.71. The molecule has 0 saturated carbocycles. The van der Waals surface area contributed by atoms with Crippen molar-refractivity contribution in [1.82, 2.24) is 34.3 Å². The number of fused-ring (bicyclic) bond motifs is 1. The summed E-state index contributed by atoms with van der Waals surface area (Å²) in [5.74, 6) is 0.492. The molecule has 1 aromatic carbocycles. The van der Waals surface area contributed by atoms with Crippen molar-refractivity contribution in [2.24, 2.45) is 0 Å². The van der Waals surface area contributed by atoms with Crippen LogP contribution in [0.1, 0.15) is 17.8 Å². The van der Waals surface area contributed by atoms with Gasteiger partial charge in [-0.15, -0.1) is 5.10 Å². The van der Waals surface area contributed by atoms with Crippen LogP contribution in [-0.4, -0.2) is 40.3 Å². The predicted molar refractivity (Wildman–Crippen MR) is 99.0 cm³/mol. The van der Waals surface area contributed by atoms with Crippen LogP contribution in [0.3, 0.4) is 0 Å². The number of aryl methyl sites for hydroxylation is 3. The predicted octanol–water partition coefficient (Wildman–Crippen LogP) is 2.03. The third-order valence-electron chi connectivity index (χ3n) is 4.36. The van der Waals surface area contributed by atoms with E-state index < -0.39 is 0 Å². The first-order valence-electron chi connectivity index (χ1n) is 8.52. The monoisotopic (exact) mass is 362 g/mol. The number of hydrogen-bond acceptors (Lipinski definition) is 6. The van der Waals surface area contributed by atoms with Crippen molar-refractivity contribution in [3.63, 3.8) is 0 Å². The molecule has 9 heteroatoms. The SMILES string of the molecule is Cc1nnc2nc(-c3ccc(NC(=O)CCn4cncn4)cc3)cn2c1C. The first-order chi connectivity index (χ1) is 13.1. The molecule has 1 N–H and O–H groups in total. The molecule has 0 spiro atoms. The van der Waals surface area contributed by atoms with Crippen molar-refractivity contribution in [2.45, 2.75) is 26.8 Å². The molecule has 0 unspecified atom stereocenters. The zero-order valence-electron chi connectivity index (χ0n) is 15.0. The Morgan fingerprint density at radius 1 is 1.15 bits per heavy atom. The first kappa shape index (κ1) is 16.8. The number of hydrogen-bond donors (Lipinski definition) is 1. The minimum absolute atomic E-state index is 0.0765. The van der Waals surface area contributed by atoms with Gasteiger partial charge in [0, 0.05) is 29.6 Å². The molecule has 0 atom stereocenters. The Morgan fingerprint density at radius 2 is 1.96 bits per heavy atom. The lowest BCUT2D eigenvalue weighted by Crippen LogP contribution is -2.14. The van der Waals surface area contributed by atoms with Gasteiger partial charge in [0.2, 0.25) is 5.91 Å². The molecule has 0 fully saturated rings. The number of carbonyl (C=O) groups is 1. The van der Waals surface area contributed by atoms with E-state index in [-0.39, 0.29) is 5.91 Å². The summed E-state index contributed by atoms with van der Waals surface area (Å²) < 4.78 is 3.55. The molecule has 0 aliphatic heterocycles. The minimum Gasteiger partial charge on any atom is -0.326 e. The lowest BCUT2D eigenvalue weighted by atomic mass is 10.1. The van der Waals surface area contributed by atoms with Gasteiger partial charge in [-0.05, 0) is 26.0 Å². The molecule has 0 radical (unpaired) electrons. The number of nitrogens with one attached hydrogen (secondary N) is 1. The molecule has 3 aromatic heterocycles. The lowest BCUT2D eigenvalue weighted by Gasteiger charge is -2.06. The molecule has 4 rings (SSSR count). The Morgan fingerprint density at radius 3 is 2.70 bits per heavy atom. The minimum atomic E-state index is -0.0765. The van der Waals surface area contributed by atoms with Crippen LogP contribution in [0.4, 0.5) is 5.69 Å². The third-order valence-corrected chi connectivity index (χ3v) is 4.36. The summed E-state index contributed by atoms with van der Waals surface area (Å²) in [5, 5.41) is 15.1. The maximum Gasteiger partial charge on any atom is 0.254 e. The normalized spacial score (nSPS) is 11.0. The Labute approximate surface area is 155 Å². The average molecular weight is 362 g/mol. The van der Waals surface area contributed by atoms with Gasteiger partial charge in [-0.25, -0.2) is 9.97 Å². The van der Waals surface area contributed by atoms with Crippen LogP contribution in [0.25, 0.3) is 17.0 Å². The Hall–Kier alpha value is -3.62. The van der Waals surface area contributed by atoms with Crippen molar-refractivity contribution in [3.05, 3.63) is 54.5 Å². The molecule has 1 amide bonds. The lowest BCUT2D eigenvalue weighted by molar-refractivity contribution is -0.116. The van der Waals surface area contributed by atoms with E-state index in [9.17, 15) is 4.79 Å². The van der Waals surface area contributed by atoms with E-state index in [2.05, 4.69) is 30.6 Å².